The first-order chi connectivity index (χ1) is 17.4. The van der Waals surface area contributed by atoms with Gasteiger partial charge in [0.05, 0.1) is 23.2 Å². The number of ether oxygens (including phenoxy) is 1. The van der Waals surface area contributed by atoms with Crippen molar-refractivity contribution in [3.63, 3.8) is 0 Å². The van der Waals surface area contributed by atoms with Gasteiger partial charge in [-0.15, -0.1) is 0 Å². The summed E-state index contributed by atoms with van der Waals surface area (Å²) in [5.41, 5.74) is 1.33. The number of carbonyl (C=O) groups is 2. The molecule has 0 aliphatic carbocycles. The number of hydrogen-bond donors (Lipinski definition) is 1. The van der Waals surface area contributed by atoms with Gasteiger partial charge in [0.15, 0.2) is 0 Å². The van der Waals surface area contributed by atoms with Crippen LogP contribution in [0.3, 0.4) is 0 Å². The molecular weight excluding hydrogens is 497 g/mol. The van der Waals surface area contributed by atoms with Crippen molar-refractivity contribution < 1.29 is 19.4 Å². The third-order valence-electron chi connectivity index (χ3n) is 6.17. The fourth-order valence-electron chi connectivity index (χ4n) is 4.57. The standard InChI is InChI=1S/C29H21Cl2NO4/c1-2-36-20-14-15-24(31)23(16-20)27(33)25-26(22-9-5-7-17-6-3-4-8-21(17)22)32(29(35)28(25)34)19-12-10-18(30)11-13-19/h3-16,26,33H,2H2,1H3/b27-25+. The Bertz CT molecular complexity index is 1520. The van der Waals surface area contributed by atoms with Gasteiger partial charge in [0, 0.05) is 16.3 Å². The van der Waals surface area contributed by atoms with Crippen LogP contribution in [0, 0.1) is 0 Å². The molecule has 1 N–H and O–H groups in total. The van der Waals surface area contributed by atoms with Gasteiger partial charge >= 0.3 is 0 Å². The Balaban J connectivity index is 1.80. The summed E-state index contributed by atoms with van der Waals surface area (Å²) in [7, 11) is 0. The van der Waals surface area contributed by atoms with E-state index in [9.17, 15) is 14.7 Å². The van der Waals surface area contributed by atoms with Crippen LogP contribution in [0.1, 0.15) is 24.1 Å². The molecule has 5 rings (SSSR count). The Morgan fingerprint density at radius 2 is 1.67 bits per heavy atom. The Morgan fingerprint density at radius 3 is 2.42 bits per heavy atom. The van der Waals surface area contributed by atoms with Crippen LogP contribution in [0.2, 0.25) is 10.0 Å². The molecule has 0 spiro atoms. The highest BCUT2D eigenvalue weighted by atomic mass is 35.5. The molecule has 1 aliphatic heterocycles. The molecule has 1 saturated heterocycles. The van der Waals surface area contributed by atoms with E-state index >= 15 is 0 Å². The van der Waals surface area contributed by atoms with Crippen LogP contribution >= 0.6 is 23.2 Å². The third kappa shape index (κ3) is 4.11. The Kier molecular flexibility index (Phi) is 6.44. The molecule has 1 fully saturated rings. The van der Waals surface area contributed by atoms with Crippen LogP contribution in [0.5, 0.6) is 5.75 Å². The van der Waals surface area contributed by atoms with Gasteiger partial charge in [-0.25, -0.2) is 0 Å². The summed E-state index contributed by atoms with van der Waals surface area (Å²) in [6, 6.07) is 23.9. The molecule has 1 atom stereocenters. The number of nitrogens with zero attached hydrogens (tertiary/aromatic N) is 1. The molecule has 1 heterocycles. The molecule has 1 aliphatic rings. The lowest BCUT2D eigenvalue weighted by Crippen LogP contribution is -2.29. The van der Waals surface area contributed by atoms with E-state index in [0.29, 0.717) is 28.6 Å². The van der Waals surface area contributed by atoms with Crippen molar-refractivity contribution in [2.45, 2.75) is 13.0 Å². The number of benzene rings is 4. The zero-order chi connectivity index (χ0) is 25.4. The molecule has 0 saturated carbocycles. The molecule has 5 nitrogen and oxygen atoms in total. The lowest BCUT2D eigenvalue weighted by Gasteiger charge is -2.26. The number of halogens is 2. The zero-order valence-corrected chi connectivity index (χ0v) is 20.8. The maximum atomic E-state index is 13.5. The van der Waals surface area contributed by atoms with E-state index < -0.39 is 17.7 Å². The average molecular weight is 518 g/mol. The normalized spacial score (nSPS) is 17.1. The second-order valence-electron chi connectivity index (χ2n) is 8.29. The molecule has 7 heteroatoms. The zero-order valence-electron chi connectivity index (χ0n) is 19.2. The maximum absolute atomic E-state index is 13.5. The number of carbonyl (C=O) groups excluding carboxylic acids is 2. The van der Waals surface area contributed by atoms with Crippen LogP contribution in [-0.2, 0) is 9.59 Å². The number of hydrogen-bond acceptors (Lipinski definition) is 4. The lowest BCUT2D eigenvalue weighted by molar-refractivity contribution is -0.132. The predicted molar refractivity (Wildman–Crippen MR) is 143 cm³/mol. The van der Waals surface area contributed by atoms with E-state index in [2.05, 4.69) is 0 Å². The summed E-state index contributed by atoms with van der Waals surface area (Å²) < 4.78 is 5.57. The Labute approximate surface area is 218 Å². The molecule has 180 valence electrons. The van der Waals surface area contributed by atoms with Crippen LogP contribution < -0.4 is 9.64 Å². The maximum Gasteiger partial charge on any atom is 0.300 e. The topological polar surface area (TPSA) is 66.8 Å². The largest absolute Gasteiger partial charge is 0.507 e. The van der Waals surface area contributed by atoms with Gasteiger partial charge in [-0.3, -0.25) is 14.5 Å². The van der Waals surface area contributed by atoms with E-state index in [1.54, 1.807) is 42.5 Å². The Hall–Kier alpha value is -3.80. The summed E-state index contributed by atoms with van der Waals surface area (Å²) in [6.45, 7) is 2.26. The summed E-state index contributed by atoms with van der Waals surface area (Å²) >= 11 is 12.5. The van der Waals surface area contributed by atoms with Gasteiger partial charge in [0.2, 0.25) is 0 Å². The average Bonchev–Trinajstić information content (AvgIpc) is 3.15. The van der Waals surface area contributed by atoms with E-state index in [0.717, 1.165) is 10.8 Å². The lowest BCUT2D eigenvalue weighted by atomic mass is 9.91. The third-order valence-corrected chi connectivity index (χ3v) is 6.75. The quantitative estimate of drug-likeness (QED) is 0.173. The van der Waals surface area contributed by atoms with Gasteiger partial charge < -0.3 is 9.84 Å². The van der Waals surface area contributed by atoms with Crippen LogP contribution in [0.25, 0.3) is 16.5 Å². The van der Waals surface area contributed by atoms with Gasteiger partial charge in [0.25, 0.3) is 11.7 Å². The highest BCUT2D eigenvalue weighted by Crippen LogP contribution is 2.45. The van der Waals surface area contributed by atoms with E-state index in [4.69, 9.17) is 27.9 Å². The summed E-state index contributed by atoms with van der Waals surface area (Å²) in [4.78, 5) is 28.3. The molecular formula is C29H21Cl2NO4. The summed E-state index contributed by atoms with van der Waals surface area (Å²) in [6.07, 6.45) is 0. The fourth-order valence-corrected chi connectivity index (χ4v) is 4.90. The number of ketones is 1. The molecule has 36 heavy (non-hydrogen) atoms. The second kappa shape index (κ2) is 9.69. The summed E-state index contributed by atoms with van der Waals surface area (Å²) in [5.74, 6) is -1.45. The smallest absolute Gasteiger partial charge is 0.300 e. The van der Waals surface area contributed by atoms with Crippen molar-refractivity contribution in [3.05, 3.63) is 112 Å². The molecule has 0 bridgehead atoms. The molecule has 0 radical (unpaired) electrons. The van der Waals surface area contributed by atoms with Gasteiger partial charge in [-0.2, -0.15) is 0 Å². The first kappa shape index (κ1) is 23.9. The van der Waals surface area contributed by atoms with Gasteiger partial charge in [-0.1, -0.05) is 65.7 Å². The van der Waals surface area contributed by atoms with E-state index in [-0.39, 0.29) is 21.9 Å². The van der Waals surface area contributed by atoms with Crippen molar-refractivity contribution in [3.8, 4) is 5.75 Å². The molecule has 1 unspecified atom stereocenters. The van der Waals surface area contributed by atoms with E-state index in [1.807, 2.05) is 49.4 Å². The number of Topliss-reactive ketones (excluding diaryl/α,β-unsaturated/α-hetero) is 1. The van der Waals surface area contributed by atoms with Crippen LogP contribution in [-0.4, -0.2) is 23.4 Å². The van der Waals surface area contributed by atoms with Gasteiger partial charge in [0.1, 0.15) is 11.5 Å². The molecule has 4 aromatic carbocycles. The number of aliphatic hydroxyl groups is 1. The van der Waals surface area contributed by atoms with Gasteiger partial charge in [-0.05, 0) is 65.7 Å². The van der Waals surface area contributed by atoms with Crippen LogP contribution in [0.15, 0.2) is 90.5 Å². The number of rotatable bonds is 5. The molecule has 0 aromatic heterocycles. The second-order valence-corrected chi connectivity index (χ2v) is 9.13. The number of amides is 1. The van der Waals surface area contributed by atoms with Crippen molar-refractivity contribution in [1.82, 2.24) is 0 Å². The molecule has 1 amide bonds. The first-order valence-corrected chi connectivity index (χ1v) is 12.1. The minimum Gasteiger partial charge on any atom is -0.507 e. The number of aliphatic hydroxyl groups excluding tert-OH is 1. The fraction of sp³-hybridized carbons (Fsp3) is 0.103. The van der Waals surface area contributed by atoms with Crippen molar-refractivity contribution in [2.24, 2.45) is 0 Å². The monoisotopic (exact) mass is 517 g/mol. The first-order valence-electron chi connectivity index (χ1n) is 11.4. The molecule has 4 aromatic rings. The van der Waals surface area contributed by atoms with Crippen molar-refractivity contribution >= 4 is 57.1 Å². The SMILES string of the molecule is CCOc1ccc(Cl)c(/C(O)=C2\C(=O)C(=O)N(c3ccc(Cl)cc3)C2c2cccc3ccccc23)c1. The van der Waals surface area contributed by atoms with E-state index in [1.165, 1.54) is 4.90 Å². The number of fused-ring (bicyclic) bond motifs is 1. The van der Waals surface area contributed by atoms with Crippen molar-refractivity contribution in [1.29, 1.82) is 0 Å². The van der Waals surface area contributed by atoms with Crippen molar-refractivity contribution in [2.75, 3.05) is 11.5 Å². The highest BCUT2D eigenvalue weighted by molar-refractivity contribution is 6.52. The number of anilines is 1. The Morgan fingerprint density at radius 1 is 0.944 bits per heavy atom. The minimum absolute atomic E-state index is 0.0538. The summed E-state index contributed by atoms with van der Waals surface area (Å²) in [5, 5.41) is 14.0. The predicted octanol–water partition coefficient (Wildman–Crippen LogP) is 7.17. The van der Waals surface area contributed by atoms with Crippen LogP contribution in [0.4, 0.5) is 5.69 Å². The minimum atomic E-state index is -0.899. The highest BCUT2D eigenvalue weighted by Gasteiger charge is 2.47.